The highest BCUT2D eigenvalue weighted by Crippen LogP contribution is 2.10. The molecule has 0 aliphatic carbocycles. The minimum Gasteiger partial charge on any atom is -0.491 e. The Hall–Kier alpha value is -2.12. The molecule has 0 saturated carbocycles. The number of likely N-dealkylation sites (N-methyl/N-ethyl adjacent to an activating group) is 1. The van der Waals surface area contributed by atoms with Crippen molar-refractivity contribution in [2.75, 3.05) is 13.1 Å². The van der Waals surface area contributed by atoms with E-state index in [0.717, 1.165) is 10.8 Å². The van der Waals surface area contributed by atoms with Crippen molar-refractivity contribution in [3.05, 3.63) is 16.7 Å². The maximum absolute atomic E-state index is 11.9. The number of rotatable bonds is 4. The molecule has 0 saturated heterocycles. The average Bonchev–Trinajstić information content (AvgIpc) is 2.55. The molecule has 0 unspecified atom stereocenters. The Balaban J connectivity index is 2.68. The third-order valence-corrected chi connectivity index (χ3v) is 2.56. The van der Waals surface area contributed by atoms with Gasteiger partial charge in [0, 0.05) is 19.6 Å². The molecule has 1 aromatic heterocycles. The molecule has 114 valence electrons. The van der Waals surface area contributed by atoms with E-state index in [4.69, 9.17) is 9.94 Å². The molecule has 1 amide bonds. The van der Waals surface area contributed by atoms with Crippen molar-refractivity contribution in [1.29, 1.82) is 0 Å². The lowest BCUT2D eigenvalue weighted by Crippen LogP contribution is -2.39. The van der Waals surface area contributed by atoms with E-state index < -0.39 is 23.3 Å². The van der Waals surface area contributed by atoms with Gasteiger partial charge in [-0.3, -0.25) is 4.57 Å². The maximum atomic E-state index is 11.9. The molecule has 0 spiro atoms. The smallest absolute Gasteiger partial charge is 0.410 e. The SMILES string of the molecule is CCN(CCn1cc(O)n(O)c1=O)C(=O)OC(C)(C)C. The van der Waals surface area contributed by atoms with Crippen molar-refractivity contribution in [3.8, 4) is 5.88 Å². The molecule has 0 aliphatic rings. The summed E-state index contributed by atoms with van der Waals surface area (Å²) in [4.78, 5) is 24.8. The predicted molar refractivity (Wildman–Crippen MR) is 71.0 cm³/mol. The van der Waals surface area contributed by atoms with E-state index in [1.807, 2.05) is 0 Å². The number of carbonyl (C=O) groups excluding carboxylic acids is 1. The fraction of sp³-hybridized carbons (Fsp3) is 0.667. The largest absolute Gasteiger partial charge is 0.491 e. The van der Waals surface area contributed by atoms with Crippen molar-refractivity contribution in [3.63, 3.8) is 0 Å². The van der Waals surface area contributed by atoms with E-state index >= 15 is 0 Å². The first-order chi connectivity index (χ1) is 9.15. The Labute approximate surface area is 116 Å². The third-order valence-electron chi connectivity index (χ3n) is 2.56. The van der Waals surface area contributed by atoms with E-state index in [0.29, 0.717) is 6.54 Å². The Kier molecular flexibility index (Phi) is 4.69. The summed E-state index contributed by atoms with van der Waals surface area (Å²) in [6, 6.07) is 0. The van der Waals surface area contributed by atoms with E-state index in [9.17, 15) is 14.7 Å². The number of hydrogen-bond donors (Lipinski definition) is 2. The van der Waals surface area contributed by atoms with Crippen LogP contribution in [0.25, 0.3) is 0 Å². The predicted octanol–water partition coefficient (Wildman–Crippen LogP) is 0.850. The van der Waals surface area contributed by atoms with Gasteiger partial charge in [-0.25, -0.2) is 9.59 Å². The lowest BCUT2D eigenvalue weighted by atomic mass is 10.2. The first kappa shape index (κ1) is 15.9. The summed E-state index contributed by atoms with van der Waals surface area (Å²) in [5.74, 6) is -0.546. The zero-order chi connectivity index (χ0) is 15.5. The molecular formula is C12H21N3O5. The van der Waals surface area contributed by atoms with Crippen LogP contribution in [0.1, 0.15) is 27.7 Å². The minimum absolute atomic E-state index is 0.143. The molecule has 1 rings (SSSR count). The highest BCUT2D eigenvalue weighted by molar-refractivity contribution is 5.68. The van der Waals surface area contributed by atoms with E-state index in [1.54, 1.807) is 27.7 Å². The van der Waals surface area contributed by atoms with Crippen molar-refractivity contribution >= 4 is 6.09 Å². The highest BCUT2D eigenvalue weighted by atomic mass is 16.6. The molecule has 0 radical (unpaired) electrons. The zero-order valence-corrected chi connectivity index (χ0v) is 12.2. The Morgan fingerprint density at radius 1 is 1.45 bits per heavy atom. The molecule has 8 nitrogen and oxygen atoms in total. The van der Waals surface area contributed by atoms with Gasteiger partial charge in [0.25, 0.3) is 0 Å². The summed E-state index contributed by atoms with van der Waals surface area (Å²) in [6.45, 7) is 7.91. The van der Waals surface area contributed by atoms with Crippen LogP contribution in [0.3, 0.4) is 0 Å². The molecule has 1 heterocycles. The van der Waals surface area contributed by atoms with Crippen LogP contribution in [-0.2, 0) is 11.3 Å². The van der Waals surface area contributed by atoms with Crippen LogP contribution in [-0.4, -0.2) is 49.3 Å². The molecule has 0 aliphatic heterocycles. The third kappa shape index (κ3) is 3.94. The van der Waals surface area contributed by atoms with Crippen LogP contribution in [0.2, 0.25) is 0 Å². The molecule has 0 fully saturated rings. The fourth-order valence-corrected chi connectivity index (χ4v) is 1.56. The monoisotopic (exact) mass is 287 g/mol. The van der Waals surface area contributed by atoms with Crippen molar-refractivity contribution in [2.45, 2.75) is 39.8 Å². The van der Waals surface area contributed by atoms with Crippen LogP contribution in [0.4, 0.5) is 4.79 Å². The first-order valence-electron chi connectivity index (χ1n) is 6.34. The number of aromatic hydroxyl groups is 1. The number of ether oxygens (including phenoxy) is 1. The number of carbonyl (C=O) groups is 1. The summed E-state index contributed by atoms with van der Waals surface area (Å²) < 4.78 is 6.49. The lowest BCUT2D eigenvalue weighted by Gasteiger charge is -2.26. The van der Waals surface area contributed by atoms with E-state index in [2.05, 4.69) is 0 Å². The highest BCUT2D eigenvalue weighted by Gasteiger charge is 2.21. The Bertz CT molecular complexity index is 526. The van der Waals surface area contributed by atoms with Crippen molar-refractivity contribution < 1.29 is 19.8 Å². The zero-order valence-electron chi connectivity index (χ0n) is 12.2. The van der Waals surface area contributed by atoms with Gasteiger partial charge in [0.2, 0.25) is 5.88 Å². The van der Waals surface area contributed by atoms with Gasteiger partial charge < -0.3 is 20.0 Å². The summed E-state index contributed by atoms with van der Waals surface area (Å²) in [6.07, 6.45) is 0.631. The van der Waals surface area contributed by atoms with Gasteiger partial charge >= 0.3 is 11.8 Å². The second-order valence-electron chi connectivity index (χ2n) is 5.34. The van der Waals surface area contributed by atoms with Crippen LogP contribution in [0, 0.1) is 0 Å². The molecule has 1 aromatic rings. The van der Waals surface area contributed by atoms with Crippen LogP contribution in [0.5, 0.6) is 5.88 Å². The van der Waals surface area contributed by atoms with Crippen molar-refractivity contribution in [1.82, 2.24) is 14.2 Å². The molecule has 8 heteroatoms. The minimum atomic E-state index is -0.761. The van der Waals surface area contributed by atoms with Crippen LogP contribution >= 0.6 is 0 Å². The average molecular weight is 287 g/mol. The molecule has 0 atom stereocenters. The summed E-state index contributed by atoms with van der Waals surface area (Å²) in [5, 5.41) is 18.3. The number of amides is 1. The van der Waals surface area contributed by atoms with Crippen LogP contribution < -0.4 is 5.69 Å². The fourth-order valence-electron chi connectivity index (χ4n) is 1.56. The number of nitrogens with zero attached hydrogens (tertiary/aromatic N) is 3. The van der Waals surface area contributed by atoms with Gasteiger partial charge in [-0.05, 0) is 27.7 Å². The summed E-state index contributed by atoms with van der Waals surface area (Å²) >= 11 is 0. The van der Waals surface area contributed by atoms with Gasteiger partial charge in [-0.2, -0.15) is 0 Å². The molecule has 0 aromatic carbocycles. The Morgan fingerprint density at radius 3 is 2.45 bits per heavy atom. The number of aromatic nitrogens is 2. The summed E-state index contributed by atoms with van der Waals surface area (Å²) in [7, 11) is 0. The Morgan fingerprint density at radius 2 is 2.05 bits per heavy atom. The van der Waals surface area contributed by atoms with Gasteiger partial charge in [0.1, 0.15) is 5.60 Å². The molecular weight excluding hydrogens is 266 g/mol. The maximum Gasteiger partial charge on any atom is 0.410 e. The van der Waals surface area contributed by atoms with Crippen molar-refractivity contribution in [2.24, 2.45) is 0 Å². The number of imidazole rings is 1. The standard InChI is InChI=1S/C12H21N3O5/c1-5-13(11(18)20-12(2,3)4)6-7-14-8-9(16)15(19)10(14)17/h8,16,19H,5-7H2,1-4H3. The molecule has 0 bridgehead atoms. The van der Waals surface area contributed by atoms with Gasteiger partial charge in [0.05, 0.1) is 6.20 Å². The molecule has 20 heavy (non-hydrogen) atoms. The number of hydrogen-bond acceptors (Lipinski definition) is 5. The second kappa shape index (κ2) is 5.89. The quantitative estimate of drug-likeness (QED) is 0.800. The molecule has 2 N–H and O–H groups in total. The lowest BCUT2D eigenvalue weighted by molar-refractivity contribution is 0.0253. The van der Waals surface area contributed by atoms with Gasteiger partial charge in [0.15, 0.2) is 0 Å². The van der Waals surface area contributed by atoms with E-state index in [-0.39, 0.29) is 17.8 Å². The van der Waals surface area contributed by atoms with E-state index in [1.165, 1.54) is 4.90 Å². The van der Waals surface area contributed by atoms with Gasteiger partial charge in [-0.1, -0.05) is 4.73 Å². The second-order valence-corrected chi connectivity index (χ2v) is 5.34. The normalized spacial score (nSPS) is 11.4. The first-order valence-corrected chi connectivity index (χ1v) is 6.34. The van der Waals surface area contributed by atoms with Gasteiger partial charge in [-0.15, -0.1) is 0 Å². The summed E-state index contributed by atoms with van der Waals surface area (Å²) in [5.41, 5.74) is -1.35. The van der Waals surface area contributed by atoms with Crippen LogP contribution in [0.15, 0.2) is 11.0 Å². The topological polar surface area (TPSA) is 96.9 Å².